The number of carbonyl (C=O) groups excluding carboxylic acids is 4. The topological polar surface area (TPSA) is 145 Å². The van der Waals surface area contributed by atoms with Crippen molar-refractivity contribution in [2.75, 3.05) is 12.4 Å². The molecule has 0 saturated heterocycles. The van der Waals surface area contributed by atoms with Crippen molar-refractivity contribution in [1.82, 2.24) is 0 Å². The van der Waals surface area contributed by atoms with Crippen LogP contribution >= 0.6 is 0 Å². The summed E-state index contributed by atoms with van der Waals surface area (Å²) < 4.78 is 15.0. The highest BCUT2D eigenvalue weighted by Gasteiger charge is 2.41. The van der Waals surface area contributed by atoms with E-state index in [1.54, 1.807) is 24.3 Å². The van der Waals surface area contributed by atoms with Gasteiger partial charge in [-0.05, 0) is 36.4 Å². The lowest BCUT2D eigenvalue weighted by Gasteiger charge is -2.24. The number of benzene rings is 3. The summed E-state index contributed by atoms with van der Waals surface area (Å²) in [7, 11) is 1.15. The van der Waals surface area contributed by atoms with E-state index >= 15 is 0 Å². The molecule has 0 aliphatic carbocycles. The molecular weight excluding hydrogens is 470 g/mol. The number of esters is 3. The van der Waals surface area contributed by atoms with E-state index in [1.165, 1.54) is 60.7 Å². The summed E-state index contributed by atoms with van der Waals surface area (Å²) in [6.07, 6.45) is -4.33. The summed E-state index contributed by atoms with van der Waals surface area (Å²) >= 11 is 0. The van der Waals surface area contributed by atoms with Crippen LogP contribution in [0.25, 0.3) is 0 Å². The Bertz CT molecular complexity index is 1260. The maximum Gasteiger partial charge on any atom is 0.349 e. The number of carboxylic acid groups (broad SMARTS) is 1. The van der Waals surface area contributed by atoms with E-state index in [9.17, 15) is 29.1 Å². The minimum absolute atomic E-state index is 0.0216. The van der Waals surface area contributed by atoms with E-state index in [-0.39, 0.29) is 22.4 Å². The molecular formula is C26H21NO9. The van der Waals surface area contributed by atoms with E-state index in [1.807, 2.05) is 0 Å². The van der Waals surface area contributed by atoms with E-state index in [2.05, 4.69) is 10.1 Å². The standard InChI is InChI=1S/C26H21NO9/c1-34-26(33)18-14-8-9-15-19(18)27-22(28)20(35-24(31)16-10-4-2-5-11-16)21(23(29)30)36-25(32)17-12-6-3-7-13-17/h2-15,20-21H,1H3,(H,27,28)(H,29,30)/t20-,21+/m1/s1. The van der Waals surface area contributed by atoms with Crippen LogP contribution in [-0.2, 0) is 23.8 Å². The van der Waals surface area contributed by atoms with Crippen molar-refractivity contribution in [3.05, 3.63) is 102 Å². The number of carboxylic acids is 1. The van der Waals surface area contributed by atoms with E-state index < -0.39 is 42.0 Å². The fourth-order valence-electron chi connectivity index (χ4n) is 3.09. The summed E-state index contributed by atoms with van der Waals surface area (Å²) in [6, 6.07) is 20.8. The van der Waals surface area contributed by atoms with E-state index in [0.717, 1.165) is 7.11 Å². The number of amides is 1. The highest BCUT2D eigenvalue weighted by molar-refractivity contribution is 6.05. The molecule has 0 bridgehead atoms. The lowest BCUT2D eigenvalue weighted by molar-refractivity contribution is -0.157. The first kappa shape index (κ1) is 25.6. The van der Waals surface area contributed by atoms with Gasteiger partial charge in [-0.25, -0.2) is 19.2 Å². The van der Waals surface area contributed by atoms with Crippen LogP contribution in [0.15, 0.2) is 84.9 Å². The molecule has 0 unspecified atom stereocenters. The Morgan fingerprint density at radius 2 is 1.14 bits per heavy atom. The van der Waals surface area contributed by atoms with Crippen LogP contribution in [0.5, 0.6) is 0 Å². The normalized spacial score (nSPS) is 11.9. The molecule has 2 atom stereocenters. The summed E-state index contributed by atoms with van der Waals surface area (Å²) in [4.78, 5) is 62.6. The predicted octanol–water partition coefficient (Wildman–Crippen LogP) is 2.95. The number of hydrogen-bond donors (Lipinski definition) is 2. The Labute approximate surface area is 205 Å². The molecule has 3 rings (SSSR count). The molecule has 0 radical (unpaired) electrons. The van der Waals surface area contributed by atoms with Crippen molar-refractivity contribution in [3.63, 3.8) is 0 Å². The van der Waals surface area contributed by atoms with Gasteiger partial charge in [0.15, 0.2) is 0 Å². The average molecular weight is 491 g/mol. The first-order valence-electron chi connectivity index (χ1n) is 10.5. The molecule has 3 aromatic rings. The summed E-state index contributed by atoms with van der Waals surface area (Å²) in [6.45, 7) is 0. The molecule has 0 aliphatic heterocycles. The van der Waals surface area contributed by atoms with Gasteiger partial charge >= 0.3 is 23.9 Å². The lowest BCUT2D eigenvalue weighted by Crippen LogP contribution is -2.48. The van der Waals surface area contributed by atoms with Gasteiger partial charge in [0.1, 0.15) is 0 Å². The van der Waals surface area contributed by atoms with Crippen molar-refractivity contribution in [2.45, 2.75) is 12.2 Å². The van der Waals surface area contributed by atoms with Gasteiger partial charge in [0.2, 0.25) is 12.2 Å². The number of nitrogens with one attached hydrogen (secondary N) is 1. The molecule has 10 heteroatoms. The molecule has 1 amide bonds. The lowest BCUT2D eigenvalue weighted by atomic mass is 10.1. The van der Waals surface area contributed by atoms with Crippen molar-refractivity contribution >= 4 is 35.5 Å². The zero-order valence-corrected chi connectivity index (χ0v) is 19.0. The van der Waals surface area contributed by atoms with Crippen LogP contribution in [0.4, 0.5) is 5.69 Å². The quantitative estimate of drug-likeness (QED) is 0.341. The fraction of sp³-hybridized carbons (Fsp3) is 0.115. The van der Waals surface area contributed by atoms with E-state index in [4.69, 9.17) is 9.47 Å². The monoisotopic (exact) mass is 491 g/mol. The van der Waals surface area contributed by atoms with Gasteiger partial charge in [-0.1, -0.05) is 48.5 Å². The number of ether oxygens (including phenoxy) is 3. The van der Waals surface area contributed by atoms with Crippen molar-refractivity contribution < 1.29 is 43.3 Å². The number of anilines is 1. The Hall–Kier alpha value is -4.99. The first-order valence-corrected chi connectivity index (χ1v) is 10.5. The van der Waals surface area contributed by atoms with Crippen molar-refractivity contribution in [2.24, 2.45) is 0 Å². The molecule has 10 nitrogen and oxygen atoms in total. The van der Waals surface area contributed by atoms with Gasteiger partial charge in [-0.2, -0.15) is 0 Å². The summed E-state index contributed by atoms with van der Waals surface area (Å²) in [5.41, 5.74) is -0.0135. The Kier molecular flexibility index (Phi) is 8.49. The van der Waals surface area contributed by atoms with Gasteiger partial charge in [0.05, 0.1) is 29.5 Å². The molecule has 3 aromatic carbocycles. The number of aliphatic carboxylic acids is 1. The van der Waals surface area contributed by atoms with Crippen LogP contribution in [0, 0.1) is 0 Å². The highest BCUT2D eigenvalue weighted by atomic mass is 16.6. The van der Waals surface area contributed by atoms with E-state index in [0.29, 0.717) is 0 Å². The second-order valence-corrected chi connectivity index (χ2v) is 7.25. The number of rotatable bonds is 9. The molecule has 0 aliphatic rings. The molecule has 0 spiro atoms. The number of para-hydroxylation sites is 1. The number of carbonyl (C=O) groups is 5. The van der Waals surface area contributed by atoms with Gasteiger partial charge in [-0.3, -0.25) is 4.79 Å². The van der Waals surface area contributed by atoms with Crippen LogP contribution in [-0.4, -0.2) is 54.2 Å². The second-order valence-electron chi connectivity index (χ2n) is 7.25. The third kappa shape index (κ3) is 6.32. The maximum atomic E-state index is 13.2. The maximum absolute atomic E-state index is 13.2. The largest absolute Gasteiger partial charge is 0.478 e. The smallest absolute Gasteiger partial charge is 0.349 e. The molecule has 0 fully saturated rings. The summed E-state index contributed by atoms with van der Waals surface area (Å²) in [5.74, 6) is -5.73. The molecule has 0 heterocycles. The van der Waals surface area contributed by atoms with Crippen LogP contribution in [0.2, 0.25) is 0 Å². The van der Waals surface area contributed by atoms with Crippen molar-refractivity contribution in [3.8, 4) is 0 Å². The SMILES string of the molecule is COC(=O)c1ccccc1NC(=O)[C@H](OC(=O)c1ccccc1)[C@H](OC(=O)c1ccccc1)C(=O)O. The third-order valence-electron chi connectivity index (χ3n) is 4.85. The number of methoxy groups -OCH3 is 1. The Morgan fingerprint density at radius 1 is 0.667 bits per heavy atom. The second kappa shape index (κ2) is 11.9. The summed E-state index contributed by atoms with van der Waals surface area (Å²) in [5, 5.41) is 12.2. The number of hydrogen-bond acceptors (Lipinski definition) is 8. The molecule has 184 valence electrons. The van der Waals surface area contributed by atoms with Crippen molar-refractivity contribution in [1.29, 1.82) is 0 Å². The minimum Gasteiger partial charge on any atom is -0.478 e. The highest BCUT2D eigenvalue weighted by Crippen LogP contribution is 2.19. The minimum atomic E-state index is -2.21. The van der Waals surface area contributed by atoms with Crippen LogP contribution < -0.4 is 5.32 Å². The van der Waals surface area contributed by atoms with Gasteiger partial charge < -0.3 is 24.6 Å². The molecule has 0 saturated carbocycles. The Balaban J connectivity index is 1.95. The average Bonchev–Trinajstić information content (AvgIpc) is 2.91. The zero-order valence-electron chi connectivity index (χ0n) is 19.0. The third-order valence-corrected chi connectivity index (χ3v) is 4.85. The molecule has 0 aromatic heterocycles. The van der Waals surface area contributed by atoms with Gasteiger partial charge in [0.25, 0.3) is 5.91 Å². The molecule has 36 heavy (non-hydrogen) atoms. The predicted molar refractivity (Wildman–Crippen MR) is 125 cm³/mol. The molecule has 2 N–H and O–H groups in total. The first-order chi connectivity index (χ1) is 17.3. The Morgan fingerprint density at radius 3 is 1.64 bits per heavy atom. The van der Waals surface area contributed by atoms with Gasteiger partial charge in [-0.15, -0.1) is 0 Å². The zero-order chi connectivity index (χ0) is 26.1. The van der Waals surface area contributed by atoms with Gasteiger partial charge in [0, 0.05) is 0 Å². The van der Waals surface area contributed by atoms with Crippen LogP contribution in [0.1, 0.15) is 31.1 Å². The van der Waals surface area contributed by atoms with Crippen LogP contribution in [0.3, 0.4) is 0 Å². The fourth-order valence-corrected chi connectivity index (χ4v) is 3.09.